The first-order chi connectivity index (χ1) is 25.3. The summed E-state index contributed by atoms with van der Waals surface area (Å²) in [5, 5.41) is 5.93. The highest BCUT2D eigenvalue weighted by Gasteiger charge is 2.26. The number of nitrogens with zero attached hydrogens (tertiary/aromatic N) is 3. The van der Waals surface area contributed by atoms with Gasteiger partial charge < -0.3 is 4.42 Å². The van der Waals surface area contributed by atoms with Gasteiger partial charge in [0.05, 0.1) is 0 Å². The lowest BCUT2D eigenvalue weighted by Crippen LogP contribution is -2.03. The largest absolute Gasteiger partial charge is 0.460 e. The molecule has 3 aliphatic carbocycles. The van der Waals surface area contributed by atoms with E-state index in [0.717, 1.165) is 75.6 Å². The molecule has 2 heterocycles. The first kappa shape index (κ1) is 28.4. The van der Waals surface area contributed by atoms with Crippen LogP contribution in [0.1, 0.15) is 36.4 Å². The van der Waals surface area contributed by atoms with Crippen molar-refractivity contribution in [2.75, 3.05) is 0 Å². The van der Waals surface area contributed by atoms with Crippen molar-refractivity contribution >= 4 is 44.2 Å². The number of allylic oxidation sites excluding steroid dienone is 5. The van der Waals surface area contributed by atoms with E-state index in [1.165, 1.54) is 44.0 Å². The van der Waals surface area contributed by atoms with Gasteiger partial charge in [0.2, 0.25) is 0 Å². The average molecular weight is 654 g/mol. The number of fused-ring (bicyclic) bond motifs is 7. The normalized spacial score (nSPS) is 14.3. The van der Waals surface area contributed by atoms with Crippen LogP contribution in [-0.2, 0) is 6.42 Å². The summed E-state index contributed by atoms with van der Waals surface area (Å²) < 4.78 is 6.70. The molecule has 2 aromatic heterocycles. The Bertz CT molecular complexity index is 2840. The van der Waals surface area contributed by atoms with Gasteiger partial charge in [0, 0.05) is 34.1 Å². The molecule has 240 valence electrons. The van der Waals surface area contributed by atoms with Crippen molar-refractivity contribution < 1.29 is 4.42 Å². The molecule has 3 aliphatic rings. The molecule has 11 rings (SSSR count). The van der Waals surface area contributed by atoms with Crippen LogP contribution in [0.15, 0.2) is 138 Å². The Kier molecular flexibility index (Phi) is 6.17. The van der Waals surface area contributed by atoms with Crippen molar-refractivity contribution in [3.8, 4) is 56.2 Å². The van der Waals surface area contributed by atoms with Gasteiger partial charge in [-0.2, -0.15) is 0 Å². The predicted octanol–water partition coefficient (Wildman–Crippen LogP) is 12.3. The zero-order valence-electron chi connectivity index (χ0n) is 27.9. The standard InChI is InChI=1S/C47H31N3O/c1-2-12-29(13-3-1)45-48-46(31-22-21-28-11-4-5-14-30(28)25-31)50-47(49-45)40-26-32(27-42-44(40)39-17-8-9-20-41(39)51-42)33-23-24-38-35-16-7-6-15-34(35)37-19-10-18-36(33)43(37)38/h2,4-8,10-19,21-27H,1,3,9,20H2. The van der Waals surface area contributed by atoms with Crippen LogP contribution in [0.5, 0.6) is 0 Å². The minimum Gasteiger partial charge on any atom is -0.460 e. The molecule has 0 amide bonds. The Labute approximate surface area is 295 Å². The second-order valence-corrected chi connectivity index (χ2v) is 13.7. The van der Waals surface area contributed by atoms with E-state index < -0.39 is 0 Å². The van der Waals surface area contributed by atoms with Crippen LogP contribution in [0.2, 0.25) is 0 Å². The molecule has 0 aliphatic heterocycles. The fraction of sp³-hybridized carbons (Fsp3) is 0.0851. The zero-order valence-corrected chi connectivity index (χ0v) is 27.9. The summed E-state index contributed by atoms with van der Waals surface area (Å²) in [6.07, 6.45) is 14.9. The number of rotatable bonds is 4. The van der Waals surface area contributed by atoms with Crippen molar-refractivity contribution in [3.05, 3.63) is 151 Å². The van der Waals surface area contributed by atoms with Gasteiger partial charge in [-0.3, -0.25) is 0 Å². The number of benzene rings is 6. The Morgan fingerprint density at radius 2 is 1.25 bits per heavy atom. The monoisotopic (exact) mass is 653 g/mol. The van der Waals surface area contributed by atoms with E-state index in [4.69, 9.17) is 19.4 Å². The molecule has 0 atom stereocenters. The van der Waals surface area contributed by atoms with Gasteiger partial charge >= 0.3 is 0 Å². The summed E-state index contributed by atoms with van der Waals surface area (Å²) >= 11 is 0. The maximum absolute atomic E-state index is 6.70. The lowest BCUT2D eigenvalue weighted by atomic mass is 9.91. The second-order valence-electron chi connectivity index (χ2n) is 13.7. The molecule has 0 bridgehead atoms. The Morgan fingerprint density at radius 3 is 2.14 bits per heavy atom. The number of hydrogen-bond acceptors (Lipinski definition) is 4. The SMILES string of the molecule is C1=CC(c2nc(-c3ccc4ccccc4c3)nc(-c3cc(-c4ccc5c6c(cccc46)-c4ccccc4-5)cc4oc5c(c34)C=CCC5)n2)=CCC1. The predicted molar refractivity (Wildman–Crippen MR) is 209 cm³/mol. The highest BCUT2D eigenvalue weighted by Crippen LogP contribution is 2.50. The van der Waals surface area contributed by atoms with Crippen LogP contribution in [0.4, 0.5) is 0 Å². The number of aryl methyl sites for hydroxylation is 1. The quantitative estimate of drug-likeness (QED) is 0.190. The Morgan fingerprint density at radius 1 is 0.490 bits per heavy atom. The minimum atomic E-state index is 0.649. The third-order valence-electron chi connectivity index (χ3n) is 10.7. The summed E-state index contributed by atoms with van der Waals surface area (Å²) in [7, 11) is 0. The van der Waals surface area contributed by atoms with Crippen molar-refractivity contribution in [1.29, 1.82) is 0 Å². The fourth-order valence-corrected chi connectivity index (χ4v) is 8.33. The van der Waals surface area contributed by atoms with Gasteiger partial charge in [-0.05, 0) is 92.4 Å². The molecule has 4 nitrogen and oxygen atoms in total. The zero-order chi connectivity index (χ0) is 33.5. The molecule has 0 unspecified atom stereocenters. The van der Waals surface area contributed by atoms with Crippen LogP contribution in [-0.4, -0.2) is 15.0 Å². The molecule has 8 aromatic rings. The molecule has 0 N–H and O–H groups in total. The van der Waals surface area contributed by atoms with Crippen LogP contribution in [0, 0.1) is 0 Å². The Hall–Kier alpha value is -6.39. The molecular formula is C47H31N3O. The number of aromatic nitrogens is 3. The van der Waals surface area contributed by atoms with E-state index in [2.05, 4.69) is 140 Å². The van der Waals surface area contributed by atoms with Crippen molar-refractivity contribution in [3.63, 3.8) is 0 Å². The first-order valence-corrected chi connectivity index (χ1v) is 17.8. The molecule has 51 heavy (non-hydrogen) atoms. The molecule has 0 spiro atoms. The topological polar surface area (TPSA) is 51.8 Å². The summed E-state index contributed by atoms with van der Waals surface area (Å²) in [6, 6.07) is 39.3. The van der Waals surface area contributed by atoms with Gasteiger partial charge in [-0.25, -0.2) is 15.0 Å². The number of furan rings is 1. The van der Waals surface area contributed by atoms with E-state index in [0.29, 0.717) is 17.5 Å². The molecule has 0 radical (unpaired) electrons. The van der Waals surface area contributed by atoms with Gasteiger partial charge in [0.15, 0.2) is 17.5 Å². The molecular weight excluding hydrogens is 623 g/mol. The minimum absolute atomic E-state index is 0.649. The van der Waals surface area contributed by atoms with Gasteiger partial charge in [-0.1, -0.05) is 121 Å². The van der Waals surface area contributed by atoms with Crippen LogP contribution >= 0.6 is 0 Å². The summed E-state index contributed by atoms with van der Waals surface area (Å²) in [5.74, 6) is 3.02. The van der Waals surface area contributed by atoms with Crippen molar-refractivity contribution in [1.82, 2.24) is 15.0 Å². The van der Waals surface area contributed by atoms with Crippen LogP contribution < -0.4 is 0 Å². The molecule has 0 saturated heterocycles. The van der Waals surface area contributed by atoms with Gasteiger partial charge in [0.1, 0.15) is 11.3 Å². The lowest BCUT2D eigenvalue weighted by molar-refractivity contribution is 0.546. The van der Waals surface area contributed by atoms with Gasteiger partial charge in [-0.15, -0.1) is 0 Å². The van der Waals surface area contributed by atoms with Crippen molar-refractivity contribution in [2.45, 2.75) is 25.7 Å². The molecule has 0 saturated carbocycles. The molecule has 0 fully saturated rings. The highest BCUT2D eigenvalue weighted by atomic mass is 16.3. The first-order valence-electron chi connectivity index (χ1n) is 17.8. The summed E-state index contributed by atoms with van der Waals surface area (Å²) in [4.78, 5) is 15.6. The molecule has 6 aromatic carbocycles. The lowest BCUT2D eigenvalue weighted by Gasteiger charge is -2.14. The van der Waals surface area contributed by atoms with E-state index in [-0.39, 0.29) is 0 Å². The summed E-state index contributed by atoms with van der Waals surface area (Å²) in [5.41, 5.74) is 12.3. The second kappa shape index (κ2) is 11.1. The third kappa shape index (κ3) is 4.43. The van der Waals surface area contributed by atoms with E-state index >= 15 is 0 Å². The smallest absolute Gasteiger partial charge is 0.164 e. The highest BCUT2D eigenvalue weighted by molar-refractivity contribution is 6.19. The van der Waals surface area contributed by atoms with Gasteiger partial charge in [0.25, 0.3) is 0 Å². The van der Waals surface area contributed by atoms with E-state index in [1.807, 2.05) is 0 Å². The average Bonchev–Trinajstić information content (AvgIpc) is 3.74. The Balaban J connectivity index is 1.18. The third-order valence-corrected chi connectivity index (χ3v) is 10.7. The van der Waals surface area contributed by atoms with E-state index in [9.17, 15) is 0 Å². The van der Waals surface area contributed by atoms with Crippen molar-refractivity contribution in [2.24, 2.45) is 0 Å². The maximum atomic E-state index is 6.70. The summed E-state index contributed by atoms with van der Waals surface area (Å²) in [6.45, 7) is 0. The van der Waals surface area contributed by atoms with Crippen LogP contribution in [0.3, 0.4) is 0 Å². The van der Waals surface area contributed by atoms with E-state index in [1.54, 1.807) is 0 Å². The molecule has 4 heteroatoms. The number of hydrogen-bond donors (Lipinski definition) is 0. The van der Waals surface area contributed by atoms with Crippen LogP contribution in [0.25, 0.3) is 100 Å². The fourth-order valence-electron chi connectivity index (χ4n) is 8.33. The maximum Gasteiger partial charge on any atom is 0.164 e.